The minimum absolute atomic E-state index is 0.141. The van der Waals surface area contributed by atoms with Gasteiger partial charge in [0.1, 0.15) is 5.76 Å². The van der Waals surface area contributed by atoms with Crippen molar-refractivity contribution < 1.29 is 9.21 Å². The molecule has 0 spiro atoms. The van der Waals surface area contributed by atoms with Crippen LogP contribution < -0.4 is 5.32 Å². The number of amides is 1. The van der Waals surface area contributed by atoms with Crippen LogP contribution in [0.2, 0.25) is 20.1 Å². The van der Waals surface area contributed by atoms with Crippen molar-refractivity contribution in [2.75, 3.05) is 5.32 Å². The molecule has 122 valence electrons. The lowest BCUT2D eigenvalue weighted by Crippen LogP contribution is -2.10. The van der Waals surface area contributed by atoms with E-state index in [0.717, 1.165) is 0 Å². The third kappa shape index (κ3) is 3.70. The van der Waals surface area contributed by atoms with Crippen LogP contribution >= 0.6 is 46.4 Å². The molecule has 1 aromatic heterocycles. The molecule has 3 rings (SSSR count). The summed E-state index contributed by atoms with van der Waals surface area (Å²) in [6, 6.07) is 13.1. The van der Waals surface area contributed by atoms with Crippen LogP contribution in [0.3, 0.4) is 0 Å². The smallest absolute Gasteiger partial charge is 0.291 e. The van der Waals surface area contributed by atoms with Crippen molar-refractivity contribution in [1.29, 1.82) is 0 Å². The Balaban J connectivity index is 1.82. The number of hydrogen-bond acceptors (Lipinski definition) is 2. The number of furan rings is 1. The van der Waals surface area contributed by atoms with Gasteiger partial charge in [0, 0.05) is 16.3 Å². The molecular weight excluding hydrogens is 392 g/mol. The van der Waals surface area contributed by atoms with E-state index < -0.39 is 5.91 Å². The normalized spacial score (nSPS) is 10.7. The number of anilines is 1. The number of nitrogens with one attached hydrogen (secondary N) is 1. The van der Waals surface area contributed by atoms with Gasteiger partial charge in [-0.15, -0.1) is 0 Å². The topological polar surface area (TPSA) is 42.2 Å². The van der Waals surface area contributed by atoms with Crippen LogP contribution in [0.4, 0.5) is 5.69 Å². The molecule has 0 fully saturated rings. The van der Waals surface area contributed by atoms with Gasteiger partial charge >= 0.3 is 0 Å². The van der Waals surface area contributed by atoms with E-state index in [-0.39, 0.29) is 5.76 Å². The van der Waals surface area contributed by atoms with E-state index in [1.165, 1.54) is 0 Å². The zero-order valence-corrected chi connectivity index (χ0v) is 15.0. The predicted molar refractivity (Wildman–Crippen MR) is 98.6 cm³/mol. The summed E-state index contributed by atoms with van der Waals surface area (Å²) in [6.45, 7) is 0. The molecule has 0 aliphatic heterocycles. The first-order valence-electron chi connectivity index (χ1n) is 6.76. The molecule has 3 aromatic rings. The van der Waals surface area contributed by atoms with E-state index >= 15 is 0 Å². The highest BCUT2D eigenvalue weighted by molar-refractivity contribution is 6.42. The quantitative estimate of drug-likeness (QED) is 0.524. The summed E-state index contributed by atoms with van der Waals surface area (Å²) in [5.74, 6) is 0.197. The van der Waals surface area contributed by atoms with E-state index in [9.17, 15) is 4.79 Å². The van der Waals surface area contributed by atoms with Crippen LogP contribution in [0.15, 0.2) is 52.9 Å². The molecular formula is C17H9Cl4NO2. The lowest BCUT2D eigenvalue weighted by Gasteiger charge is -2.05. The lowest BCUT2D eigenvalue weighted by molar-refractivity contribution is 0.0997. The fourth-order valence-corrected chi connectivity index (χ4v) is 2.86. The molecule has 0 radical (unpaired) electrons. The maximum atomic E-state index is 12.3. The summed E-state index contributed by atoms with van der Waals surface area (Å²) in [4.78, 5) is 12.3. The van der Waals surface area contributed by atoms with Crippen LogP contribution in [0.1, 0.15) is 10.6 Å². The number of benzene rings is 2. The largest absolute Gasteiger partial charge is 0.451 e. The highest BCUT2D eigenvalue weighted by Gasteiger charge is 2.15. The third-order valence-corrected chi connectivity index (χ3v) is 4.49. The van der Waals surface area contributed by atoms with Gasteiger partial charge in [-0.3, -0.25) is 4.79 Å². The van der Waals surface area contributed by atoms with Gasteiger partial charge in [-0.2, -0.15) is 0 Å². The number of carbonyl (C=O) groups is 1. The molecule has 0 unspecified atom stereocenters. The van der Waals surface area contributed by atoms with Crippen LogP contribution in [0.5, 0.6) is 0 Å². The Morgan fingerprint density at radius 3 is 2.33 bits per heavy atom. The molecule has 0 atom stereocenters. The van der Waals surface area contributed by atoms with Crippen molar-refractivity contribution in [1.82, 2.24) is 0 Å². The molecule has 1 N–H and O–H groups in total. The Labute approximate surface area is 158 Å². The molecule has 0 aliphatic rings. The maximum absolute atomic E-state index is 12.3. The summed E-state index contributed by atoms with van der Waals surface area (Å²) in [6.07, 6.45) is 0. The summed E-state index contributed by atoms with van der Waals surface area (Å²) < 4.78 is 5.58. The highest BCUT2D eigenvalue weighted by Crippen LogP contribution is 2.32. The van der Waals surface area contributed by atoms with Crippen molar-refractivity contribution in [2.45, 2.75) is 0 Å². The maximum Gasteiger partial charge on any atom is 0.291 e. The van der Waals surface area contributed by atoms with Crippen molar-refractivity contribution in [2.24, 2.45) is 0 Å². The molecule has 0 aliphatic carbocycles. The van der Waals surface area contributed by atoms with E-state index in [4.69, 9.17) is 50.8 Å². The number of carbonyl (C=O) groups excluding carboxylic acids is 1. The van der Waals surface area contributed by atoms with Crippen LogP contribution in [0.25, 0.3) is 11.3 Å². The van der Waals surface area contributed by atoms with E-state index in [0.29, 0.717) is 37.1 Å². The van der Waals surface area contributed by atoms with Crippen LogP contribution in [-0.4, -0.2) is 5.91 Å². The predicted octanol–water partition coefficient (Wildman–Crippen LogP) is 6.81. The second-order valence-electron chi connectivity index (χ2n) is 4.87. The summed E-state index contributed by atoms with van der Waals surface area (Å²) in [7, 11) is 0. The molecule has 24 heavy (non-hydrogen) atoms. The SMILES string of the molecule is O=C(Nc1ccc(Cl)c(Cl)c1)c1ccc(-c2ccc(Cl)cc2Cl)o1. The molecule has 0 bridgehead atoms. The molecule has 7 heteroatoms. The van der Waals surface area contributed by atoms with E-state index in [1.807, 2.05) is 0 Å². The van der Waals surface area contributed by atoms with E-state index in [1.54, 1.807) is 48.5 Å². The second kappa shape index (κ2) is 7.08. The average Bonchev–Trinajstić information content (AvgIpc) is 3.01. The Morgan fingerprint density at radius 2 is 1.62 bits per heavy atom. The van der Waals surface area contributed by atoms with E-state index in [2.05, 4.69) is 5.32 Å². The molecule has 2 aromatic carbocycles. The summed E-state index contributed by atoms with van der Waals surface area (Å²) in [5, 5.41) is 4.40. The van der Waals surface area contributed by atoms with Crippen molar-refractivity contribution >= 4 is 58.0 Å². The average molecular weight is 401 g/mol. The van der Waals surface area contributed by atoms with Crippen molar-refractivity contribution in [3.63, 3.8) is 0 Å². The molecule has 1 heterocycles. The Morgan fingerprint density at radius 1 is 0.833 bits per heavy atom. The lowest BCUT2D eigenvalue weighted by atomic mass is 10.2. The molecule has 0 saturated heterocycles. The number of rotatable bonds is 3. The summed E-state index contributed by atoms with van der Waals surface area (Å²) in [5.41, 5.74) is 1.16. The van der Waals surface area contributed by atoms with Crippen LogP contribution in [0, 0.1) is 0 Å². The van der Waals surface area contributed by atoms with Gasteiger partial charge in [0.2, 0.25) is 0 Å². The van der Waals surface area contributed by atoms with Gasteiger partial charge in [0.15, 0.2) is 5.76 Å². The molecule has 1 amide bonds. The fraction of sp³-hybridized carbons (Fsp3) is 0. The standard InChI is InChI=1S/C17H9Cl4NO2/c18-9-1-3-11(13(20)7-9)15-5-6-16(24-15)17(23)22-10-2-4-12(19)14(21)8-10/h1-8H,(H,22,23). The first-order valence-corrected chi connectivity index (χ1v) is 8.27. The van der Waals surface area contributed by atoms with Crippen molar-refractivity contribution in [3.8, 4) is 11.3 Å². The first kappa shape index (κ1) is 17.2. The minimum atomic E-state index is -0.412. The van der Waals surface area contributed by atoms with Gasteiger partial charge in [-0.05, 0) is 48.5 Å². The Kier molecular flexibility index (Phi) is 5.07. The highest BCUT2D eigenvalue weighted by atomic mass is 35.5. The zero-order chi connectivity index (χ0) is 17.3. The van der Waals surface area contributed by atoms with Gasteiger partial charge in [-0.1, -0.05) is 46.4 Å². The monoisotopic (exact) mass is 399 g/mol. The zero-order valence-electron chi connectivity index (χ0n) is 11.9. The van der Waals surface area contributed by atoms with Gasteiger partial charge in [0.25, 0.3) is 5.91 Å². The Hall–Kier alpha value is -1.65. The minimum Gasteiger partial charge on any atom is -0.451 e. The molecule has 0 saturated carbocycles. The number of halogens is 4. The summed E-state index contributed by atoms with van der Waals surface area (Å²) >= 11 is 23.8. The van der Waals surface area contributed by atoms with Gasteiger partial charge < -0.3 is 9.73 Å². The van der Waals surface area contributed by atoms with Gasteiger partial charge in [0.05, 0.1) is 15.1 Å². The second-order valence-corrected chi connectivity index (χ2v) is 6.53. The first-order chi connectivity index (χ1) is 11.4. The fourth-order valence-electron chi connectivity index (χ4n) is 2.06. The number of hydrogen-bond donors (Lipinski definition) is 1. The van der Waals surface area contributed by atoms with Gasteiger partial charge in [-0.25, -0.2) is 0 Å². The van der Waals surface area contributed by atoms with Crippen molar-refractivity contribution in [3.05, 3.63) is 74.4 Å². The Bertz CT molecular complexity index is 921. The van der Waals surface area contributed by atoms with Crippen LogP contribution in [-0.2, 0) is 0 Å². The third-order valence-electron chi connectivity index (χ3n) is 3.20. The molecule has 3 nitrogen and oxygen atoms in total.